The van der Waals surface area contributed by atoms with Gasteiger partial charge in [-0.05, 0) is 0 Å². The minimum atomic E-state index is -1.04. The van der Waals surface area contributed by atoms with Crippen LogP contribution < -0.4 is 5.11 Å². The van der Waals surface area contributed by atoms with E-state index in [0.717, 1.165) is 0 Å². The van der Waals surface area contributed by atoms with Gasteiger partial charge in [-0.15, -0.1) is 0 Å². The summed E-state index contributed by atoms with van der Waals surface area (Å²) in [4.78, 5) is 10.0. The Balaban J connectivity index is 2.72. The van der Waals surface area contributed by atoms with Gasteiger partial charge in [0, 0.05) is 0 Å². The van der Waals surface area contributed by atoms with Gasteiger partial charge < -0.3 is 0 Å². The number of carbonyl (C=O) groups is 1. The van der Waals surface area contributed by atoms with Crippen molar-refractivity contribution < 1.29 is 9.90 Å². The zero-order valence-corrected chi connectivity index (χ0v) is 7.94. The van der Waals surface area contributed by atoms with Crippen molar-refractivity contribution in [1.29, 1.82) is 0 Å². The fourth-order valence-electron chi connectivity index (χ4n) is 0.451. The Bertz CT molecular complexity index is 169. The Kier molecular flexibility index (Phi) is 1.79. The van der Waals surface area contributed by atoms with E-state index in [1.54, 1.807) is 6.08 Å². The average Bonchev–Trinajstić information content (AvgIpc) is 2.12. The first-order valence-electron chi connectivity index (χ1n) is 2.15. The molecule has 8 heavy (non-hydrogen) atoms. The van der Waals surface area contributed by atoms with Crippen LogP contribution in [0.25, 0.3) is 0 Å². The van der Waals surface area contributed by atoms with Gasteiger partial charge in [0.05, 0.1) is 0 Å². The molecule has 0 N–H and O–H groups in total. The monoisotopic (exact) mass is 305 g/mol. The Morgan fingerprint density at radius 1 is 1.75 bits per heavy atom. The number of hydrogen-bond acceptors (Lipinski definition) is 2. The Hall–Kier alpha value is -0.167. The second kappa shape index (κ2) is 2.40. The number of rotatable bonds is 1. The molecular weight excluding hydrogens is 301 g/mol. The van der Waals surface area contributed by atoms with E-state index in [9.17, 15) is 9.90 Å². The van der Waals surface area contributed by atoms with Gasteiger partial charge >= 0.3 is 58.3 Å². The molecule has 1 aliphatic rings. The summed E-state index contributed by atoms with van der Waals surface area (Å²) in [6.07, 6.45) is 1.64. The number of hydrogen-bond donors (Lipinski definition) is 0. The van der Waals surface area contributed by atoms with E-state index in [2.05, 4.69) is 0 Å². The molecule has 0 unspecified atom stereocenters. The molecule has 0 radical (unpaired) electrons. The Morgan fingerprint density at radius 2 is 2.50 bits per heavy atom. The van der Waals surface area contributed by atoms with Gasteiger partial charge in [-0.1, -0.05) is 0 Å². The molecular formula is C5H4BiO2-. The maximum atomic E-state index is 10.0. The molecule has 0 saturated carbocycles. The Labute approximate surface area is 58.5 Å². The average molecular weight is 305 g/mol. The first-order chi connectivity index (χ1) is 3.80. The second-order valence-electron chi connectivity index (χ2n) is 1.39. The second-order valence-corrected chi connectivity index (χ2v) is 5.10. The summed E-state index contributed by atoms with van der Waals surface area (Å²) in [7, 11) is 0. The topological polar surface area (TPSA) is 40.1 Å². The molecule has 0 aromatic heterocycles. The van der Waals surface area contributed by atoms with Crippen LogP contribution in [-0.2, 0) is 4.79 Å². The zero-order valence-electron chi connectivity index (χ0n) is 4.05. The van der Waals surface area contributed by atoms with Gasteiger partial charge in [-0.3, -0.25) is 0 Å². The van der Waals surface area contributed by atoms with Crippen LogP contribution in [0, 0.1) is 0 Å². The molecule has 0 amide bonds. The zero-order chi connectivity index (χ0) is 5.98. The summed E-state index contributed by atoms with van der Waals surface area (Å²) in [5.74, 6) is -1.04. The van der Waals surface area contributed by atoms with Crippen molar-refractivity contribution in [3.05, 3.63) is 19.2 Å². The molecule has 1 aliphatic heterocycles. The molecule has 3 heteroatoms. The van der Waals surface area contributed by atoms with Gasteiger partial charge in [0.25, 0.3) is 0 Å². The first-order valence-corrected chi connectivity index (χ1v) is 6.64. The van der Waals surface area contributed by atoms with Crippen molar-refractivity contribution in [2.75, 3.05) is 0 Å². The van der Waals surface area contributed by atoms with Crippen LogP contribution in [0.5, 0.6) is 0 Å². The number of aliphatic carboxylic acids is 1. The standard InChI is InChI=1S/C5H4O2.Bi.H/c1-3-4(2)5(6)7;;/h1-3H,(H,6,7);;/p-1. The summed E-state index contributed by atoms with van der Waals surface area (Å²) in [5, 5.41) is 10.0. The number of carbonyl (C=O) groups excluding carboxylic acids is 1. The molecule has 1 heterocycles. The van der Waals surface area contributed by atoms with Crippen molar-refractivity contribution in [2.45, 2.75) is 0 Å². The molecule has 0 atom stereocenters. The molecule has 1 rings (SSSR count). The molecule has 2 nitrogen and oxygen atoms in total. The van der Waals surface area contributed by atoms with E-state index in [1.807, 2.05) is 7.57 Å². The molecule has 0 aromatic rings. The van der Waals surface area contributed by atoms with Crippen LogP contribution >= 0.6 is 0 Å². The van der Waals surface area contributed by atoms with Gasteiger partial charge in [-0.2, -0.15) is 0 Å². The fourth-order valence-corrected chi connectivity index (χ4v) is 3.43. The first kappa shape index (κ1) is 5.96. The van der Waals surface area contributed by atoms with E-state index in [0.29, 0.717) is 5.57 Å². The van der Waals surface area contributed by atoms with Crippen molar-refractivity contribution >= 4 is 29.2 Å². The molecule has 0 aromatic carbocycles. The van der Waals surface area contributed by atoms with Crippen LogP contribution in [0.3, 0.4) is 0 Å². The third-order valence-electron chi connectivity index (χ3n) is 0.834. The SMILES string of the molecule is O=C([O-])C1=[CH][BiH][CH]=C1. The summed E-state index contributed by atoms with van der Waals surface area (Å²) < 4.78 is 3.79. The normalized spacial score (nSPS) is 16.2. The maximum absolute atomic E-state index is 10.0. The minimum absolute atomic E-state index is 0.383. The van der Waals surface area contributed by atoms with E-state index in [-0.39, 0.29) is 0 Å². The van der Waals surface area contributed by atoms with Gasteiger partial charge in [0.1, 0.15) is 0 Å². The van der Waals surface area contributed by atoms with Crippen LogP contribution in [-0.4, -0.2) is 29.2 Å². The summed E-state index contributed by atoms with van der Waals surface area (Å²) in [6, 6.07) is 0. The van der Waals surface area contributed by atoms with E-state index in [4.69, 9.17) is 0 Å². The van der Waals surface area contributed by atoms with Gasteiger partial charge in [-0.25, -0.2) is 0 Å². The van der Waals surface area contributed by atoms with Crippen LogP contribution in [0.15, 0.2) is 19.2 Å². The van der Waals surface area contributed by atoms with Crippen molar-refractivity contribution in [3.63, 3.8) is 0 Å². The van der Waals surface area contributed by atoms with Crippen molar-refractivity contribution in [1.82, 2.24) is 0 Å². The fraction of sp³-hybridized carbons (Fsp3) is 0. The van der Waals surface area contributed by atoms with Gasteiger partial charge in [0.15, 0.2) is 0 Å². The number of carboxylic acids is 1. The van der Waals surface area contributed by atoms with Crippen LogP contribution in [0.2, 0.25) is 0 Å². The number of carboxylic acid groups (broad SMARTS) is 1. The molecule has 0 bridgehead atoms. The molecule has 42 valence electrons. The predicted molar refractivity (Wildman–Crippen MR) is 29.4 cm³/mol. The molecule has 0 saturated heterocycles. The summed E-state index contributed by atoms with van der Waals surface area (Å²) in [5.41, 5.74) is 0.383. The summed E-state index contributed by atoms with van der Waals surface area (Å²) >= 11 is -0.725. The van der Waals surface area contributed by atoms with E-state index < -0.39 is 29.2 Å². The molecule has 0 spiro atoms. The third kappa shape index (κ3) is 1.16. The van der Waals surface area contributed by atoms with E-state index in [1.165, 1.54) is 0 Å². The summed E-state index contributed by atoms with van der Waals surface area (Å²) in [6.45, 7) is 0. The van der Waals surface area contributed by atoms with Crippen molar-refractivity contribution in [3.8, 4) is 0 Å². The van der Waals surface area contributed by atoms with Crippen molar-refractivity contribution in [2.24, 2.45) is 0 Å². The quantitative estimate of drug-likeness (QED) is 0.558. The van der Waals surface area contributed by atoms with Crippen LogP contribution in [0.1, 0.15) is 0 Å². The predicted octanol–water partition coefficient (Wildman–Crippen LogP) is -1.42. The third-order valence-corrected chi connectivity index (χ3v) is 4.09. The van der Waals surface area contributed by atoms with Crippen LogP contribution in [0.4, 0.5) is 0 Å². The Morgan fingerprint density at radius 3 is 2.75 bits per heavy atom. The molecule has 0 fully saturated rings. The van der Waals surface area contributed by atoms with E-state index >= 15 is 0 Å². The van der Waals surface area contributed by atoms with Gasteiger partial charge in [0.2, 0.25) is 0 Å². The molecule has 0 aliphatic carbocycles.